The number of hydrogen-bond donors (Lipinski definition) is 2. The molecule has 0 aliphatic rings. The second kappa shape index (κ2) is 7.27. The van der Waals surface area contributed by atoms with Crippen LogP contribution in [0.1, 0.15) is 16.1 Å². The standard InChI is InChI=1S/C18H15Cl2N3O2/c19-12-7-5-11(6-8-12)17-13(9-10-24)16(18(21)25)22-23(17)15-4-2-1-3-14(15)20/h1-8,24H,9-10H2,(H2,21,25). The van der Waals surface area contributed by atoms with Crippen molar-refractivity contribution in [2.24, 2.45) is 5.73 Å². The van der Waals surface area contributed by atoms with Gasteiger partial charge in [0.05, 0.1) is 16.4 Å². The highest BCUT2D eigenvalue weighted by Crippen LogP contribution is 2.32. The van der Waals surface area contributed by atoms with Gasteiger partial charge < -0.3 is 10.8 Å². The summed E-state index contributed by atoms with van der Waals surface area (Å²) in [5.74, 6) is -0.663. The molecule has 25 heavy (non-hydrogen) atoms. The quantitative estimate of drug-likeness (QED) is 0.715. The van der Waals surface area contributed by atoms with E-state index >= 15 is 0 Å². The molecule has 0 saturated carbocycles. The van der Waals surface area contributed by atoms with Crippen LogP contribution in [0.15, 0.2) is 48.5 Å². The molecule has 0 atom stereocenters. The maximum atomic E-state index is 11.9. The van der Waals surface area contributed by atoms with Crippen LogP contribution in [0.4, 0.5) is 0 Å². The van der Waals surface area contributed by atoms with Gasteiger partial charge in [0, 0.05) is 29.2 Å². The van der Waals surface area contributed by atoms with Crippen molar-refractivity contribution in [2.45, 2.75) is 6.42 Å². The molecule has 0 aliphatic heterocycles. The van der Waals surface area contributed by atoms with E-state index < -0.39 is 5.91 Å². The average Bonchev–Trinajstić information content (AvgIpc) is 2.96. The molecular formula is C18H15Cl2N3O2. The normalized spacial score (nSPS) is 10.8. The third-order valence-corrected chi connectivity index (χ3v) is 4.35. The van der Waals surface area contributed by atoms with E-state index in [0.717, 1.165) is 5.56 Å². The average molecular weight is 376 g/mol. The molecule has 1 heterocycles. The molecule has 0 unspecified atom stereocenters. The van der Waals surface area contributed by atoms with Gasteiger partial charge in [-0.05, 0) is 24.3 Å². The molecule has 3 N–H and O–H groups in total. The molecule has 7 heteroatoms. The van der Waals surface area contributed by atoms with Crippen molar-refractivity contribution in [2.75, 3.05) is 6.61 Å². The molecule has 1 aromatic heterocycles. The summed E-state index contributed by atoms with van der Waals surface area (Å²) in [6, 6.07) is 14.3. The van der Waals surface area contributed by atoms with E-state index in [1.165, 1.54) is 0 Å². The fourth-order valence-corrected chi connectivity index (χ4v) is 3.04. The zero-order valence-corrected chi connectivity index (χ0v) is 14.6. The summed E-state index contributed by atoms with van der Waals surface area (Å²) < 4.78 is 1.58. The number of primary amides is 1. The van der Waals surface area contributed by atoms with Gasteiger partial charge in [0.15, 0.2) is 5.69 Å². The number of aliphatic hydroxyl groups excluding tert-OH is 1. The van der Waals surface area contributed by atoms with Gasteiger partial charge >= 0.3 is 0 Å². The van der Waals surface area contributed by atoms with Gasteiger partial charge in [-0.15, -0.1) is 0 Å². The van der Waals surface area contributed by atoms with E-state index in [2.05, 4.69) is 5.10 Å². The molecule has 5 nitrogen and oxygen atoms in total. The minimum absolute atomic E-state index is 0.110. The molecule has 0 spiro atoms. The Morgan fingerprint density at radius 2 is 1.80 bits per heavy atom. The van der Waals surface area contributed by atoms with Crippen LogP contribution in [0.25, 0.3) is 16.9 Å². The summed E-state index contributed by atoms with van der Waals surface area (Å²) >= 11 is 12.3. The van der Waals surface area contributed by atoms with Gasteiger partial charge in [-0.1, -0.05) is 47.5 Å². The number of benzene rings is 2. The van der Waals surface area contributed by atoms with Gasteiger partial charge in [0.1, 0.15) is 0 Å². The molecule has 0 radical (unpaired) electrons. The Hall–Kier alpha value is -2.34. The zero-order valence-electron chi connectivity index (χ0n) is 13.1. The van der Waals surface area contributed by atoms with E-state index in [9.17, 15) is 9.90 Å². The first kappa shape index (κ1) is 17.5. The third kappa shape index (κ3) is 3.39. The Kier molecular flexibility index (Phi) is 5.08. The predicted octanol–water partition coefficient (Wildman–Crippen LogP) is 3.48. The van der Waals surface area contributed by atoms with Crippen LogP contribution in [0.2, 0.25) is 10.0 Å². The predicted molar refractivity (Wildman–Crippen MR) is 98.3 cm³/mol. The SMILES string of the molecule is NC(=O)c1nn(-c2ccccc2Cl)c(-c2ccc(Cl)cc2)c1CCO. The van der Waals surface area contributed by atoms with Crippen molar-refractivity contribution in [1.29, 1.82) is 0 Å². The van der Waals surface area contributed by atoms with Gasteiger partial charge in [0.2, 0.25) is 0 Å². The lowest BCUT2D eigenvalue weighted by Gasteiger charge is -2.11. The molecule has 3 aromatic rings. The lowest BCUT2D eigenvalue weighted by Crippen LogP contribution is -2.14. The number of aliphatic hydroxyl groups is 1. The number of carbonyl (C=O) groups excluding carboxylic acids is 1. The van der Waals surface area contributed by atoms with Crippen LogP contribution in [0.5, 0.6) is 0 Å². The first-order chi connectivity index (χ1) is 12.0. The van der Waals surface area contributed by atoms with E-state index in [1.54, 1.807) is 35.0 Å². The highest BCUT2D eigenvalue weighted by atomic mass is 35.5. The van der Waals surface area contributed by atoms with Crippen molar-refractivity contribution in [3.8, 4) is 16.9 Å². The lowest BCUT2D eigenvalue weighted by molar-refractivity contribution is 0.0994. The molecular weight excluding hydrogens is 361 g/mol. The van der Waals surface area contributed by atoms with E-state index in [1.807, 2.05) is 18.2 Å². The summed E-state index contributed by atoms with van der Waals surface area (Å²) in [5.41, 5.74) is 8.21. The molecule has 3 rings (SSSR count). The van der Waals surface area contributed by atoms with Crippen molar-refractivity contribution in [1.82, 2.24) is 9.78 Å². The monoisotopic (exact) mass is 375 g/mol. The number of nitrogens with two attached hydrogens (primary N) is 1. The van der Waals surface area contributed by atoms with Crippen molar-refractivity contribution < 1.29 is 9.90 Å². The third-order valence-electron chi connectivity index (χ3n) is 3.78. The van der Waals surface area contributed by atoms with E-state index in [0.29, 0.717) is 27.0 Å². The Morgan fingerprint density at radius 1 is 1.12 bits per heavy atom. The van der Waals surface area contributed by atoms with Crippen LogP contribution in [0.3, 0.4) is 0 Å². The van der Waals surface area contributed by atoms with Gasteiger partial charge in [-0.25, -0.2) is 4.68 Å². The zero-order chi connectivity index (χ0) is 18.0. The van der Waals surface area contributed by atoms with Gasteiger partial charge in [0.25, 0.3) is 5.91 Å². The first-order valence-corrected chi connectivity index (χ1v) is 8.32. The largest absolute Gasteiger partial charge is 0.396 e. The topological polar surface area (TPSA) is 81.1 Å². The smallest absolute Gasteiger partial charge is 0.269 e. The minimum Gasteiger partial charge on any atom is -0.396 e. The number of rotatable bonds is 5. The number of amides is 1. The number of carbonyl (C=O) groups is 1. The van der Waals surface area contributed by atoms with Crippen LogP contribution >= 0.6 is 23.2 Å². The van der Waals surface area contributed by atoms with Crippen LogP contribution in [-0.2, 0) is 6.42 Å². The first-order valence-electron chi connectivity index (χ1n) is 7.56. The van der Waals surface area contributed by atoms with E-state index in [-0.39, 0.29) is 18.7 Å². The summed E-state index contributed by atoms with van der Waals surface area (Å²) in [7, 11) is 0. The summed E-state index contributed by atoms with van der Waals surface area (Å²) in [6.45, 7) is -0.144. The number of hydrogen-bond acceptors (Lipinski definition) is 3. The Balaban J connectivity index is 2.34. The number of para-hydroxylation sites is 1. The van der Waals surface area contributed by atoms with Crippen LogP contribution < -0.4 is 5.73 Å². The second-order valence-electron chi connectivity index (χ2n) is 5.38. The fraction of sp³-hybridized carbons (Fsp3) is 0.111. The summed E-state index contributed by atoms with van der Waals surface area (Å²) in [6.07, 6.45) is 0.237. The molecule has 1 amide bonds. The minimum atomic E-state index is -0.663. The molecule has 128 valence electrons. The lowest BCUT2D eigenvalue weighted by atomic mass is 10.0. The second-order valence-corrected chi connectivity index (χ2v) is 6.23. The van der Waals surface area contributed by atoms with Gasteiger partial charge in [-0.2, -0.15) is 5.10 Å². The molecule has 0 fully saturated rings. The fourth-order valence-electron chi connectivity index (χ4n) is 2.70. The highest BCUT2D eigenvalue weighted by Gasteiger charge is 2.23. The number of aromatic nitrogens is 2. The Morgan fingerprint density at radius 3 is 2.40 bits per heavy atom. The van der Waals surface area contributed by atoms with E-state index in [4.69, 9.17) is 28.9 Å². The number of halogens is 2. The maximum Gasteiger partial charge on any atom is 0.269 e. The highest BCUT2D eigenvalue weighted by molar-refractivity contribution is 6.32. The van der Waals surface area contributed by atoms with Crippen molar-refractivity contribution in [3.05, 3.63) is 69.8 Å². The Labute approximate surface area is 154 Å². The Bertz CT molecular complexity index is 921. The molecule has 0 saturated heterocycles. The van der Waals surface area contributed by atoms with Crippen molar-refractivity contribution >= 4 is 29.1 Å². The van der Waals surface area contributed by atoms with Crippen LogP contribution in [0, 0.1) is 0 Å². The van der Waals surface area contributed by atoms with Crippen molar-refractivity contribution in [3.63, 3.8) is 0 Å². The molecule has 2 aromatic carbocycles. The molecule has 0 aliphatic carbocycles. The van der Waals surface area contributed by atoms with Crippen LogP contribution in [-0.4, -0.2) is 27.4 Å². The summed E-state index contributed by atoms with van der Waals surface area (Å²) in [4.78, 5) is 11.9. The van der Waals surface area contributed by atoms with Gasteiger partial charge in [-0.3, -0.25) is 4.79 Å². The molecule has 0 bridgehead atoms. The summed E-state index contributed by atoms with van der Waals surface area (Å²) in [5, 5.41) is 14.9. The maximum absolute atomic E-state index is 11.9. The number of nitrogens with zero attached hydrogens (tertiary/aromatic N) is 2.